The van der Waals surface area contributed by atoms with Gasteiger partial charge in [0.25, 0.3) is 0 Å². The zero-order chi connectivity index (χ0) is 33.1. The monoisotopic (exact) mass is 600 g/mol. The number of nitrogens with zero attached hydrogens (tertiary/aromatic N) is 2. The second kappa shape index (κ2) is 11.8. The fourth-order valence-corrected chi connectivity index (χ4v) is 7.09. The molecule has 0 unspecified atom stereocenters. The zero-order valence-electron chi connectivity index (χ0n) is 26.5. The molecule has 0 saturated carbocycles. The number of aryl methyl sites for hydroxylation is 1. The number of aromatic nitrogens is 2. The third-order valence-corrected chi connectivity index (χ3v) is 9.42. The van der Waals surface area contributed by atoms with Crippen LogP contribution >= 0.6 is 0 Å². The third-order valence-electron chi connectivity index (χ3n) is 9.42. The van der Waals surface area contributed by atoms with Crippen molar-refractivity contribution in [3.63, 3.8) is 0 Å². The van der Waals surface area contributed by atoms with Crippen molar-refractivity contribution in [2.75, 3.05) is 0 Å². The minimum atomic E-state index is 0.194. The van der Waals surface area contributed by atoms with Gasteiger partial charge in [0.1, 0.15) is 45.1 Å². The van der Waals surface area contributed by atoms with Crippen LogP contribution in [0.25, 0.3) is 71.6 Å². The highest BCUT2D eigenvalue weighted by molar-refractivity contribution is 6.69. The lowest BCUT2D eigenvalue weighted by molar-refractivity contribution is 0.908. The Kier molecular flexibility index (Phi) is 7.44. The van der Waals surface area contributed by atoms with Crippen LogP contribution in [0.4, 0.5) is 0 Å². The van der Waals surface area contributed by atoms with Crippen LogP contribution in [0.2, 0.25) is 0 Å². The van der Waals surface area contributed by atoms with Crippen molar-refractivity contribution in [2.24, 2.45) is 0 Å². The summed E-state index contributed by atoms with van der Waals surface area (Å²) in [5, 5.41) is 4.03. The summed E-state index contributed by atoms with van der Waals surface area (Å²) in [5.74, 6) is 1.01. The lowest BCUT2D eigenvalue weighted by Gasteiger charge is -2.25. The SMILES string of the molecule is [B]c1c([B])c([B])c(-c2c3ccccc3c(-c3cccc(-n4c(CC)nc5ccccc54)c3)c3ccc(-c4ccccc4)cc23)c([B])c1[B]. The number of imidazole rings is 1. The van der Waals surface area contributed by atoms with Gasteiger partial charge in [-0.3, -0.25) is 4.57 Å². The Morgan fingerprint density at radius 1 is 0.479 bits per heavy atom. The summed E-state index contributed by atoms with van der Waals surface area (Å²) < 4.78 is 2.26. The summed E-state index contributed by atoms with van der Waals surface area (Å²) in [6.45, 7) is 2.14. The Bertz CT molecular complexity index is 2530. The Hall–Kier alpha value is -5.15. The van der Waals surface area contributed by atoms with Gasteiger partial charge in [0, 0.05) is 12.1 Å². The number of benzene rings is 7. The van der Waals surface area contributed by atoms with Crippen LogP contribution in [0.15, 0.2) is 121 Å². The van der Waals surface area contributed by atoms with Crippen molar-refractivity contribution in [3.8, 4) is 39.1 Å². The topological polar surface area (TPSA) is 17.8 Å². The van der Waals surface area contributed by atoms with Gasteiger partial charge >= 0.3 is 0 Å². The van der Waals surface area contributed by atoms with Crippen LogP contribution in [0.1, 0.15) is 12.7 Å². The largest absolute Gasteiger partial charge is 0.296 e. The van der Waals surface area contributed by atoms with Crippen LogP contribution < -0.4 is 27.3 Å². The van der Waals surface area contributed by atoms with Gasteiger partial charge in [-0.1, -0.05) is 109 Å². The normalized spacial score (nSPS) is 11.5. The first-order chi connectivity index (χ1) is 23.4. The molecule has 8 aromatic rings. The van der Waals surface area contributed by atoms with Crippen LogP contribution in [0.3, 0.4) is 0 Å². The van der Waals surface area contributed by atoms with E-state index < -0.39 is 0 Å². The number of hydrogen-bond donors (Lipinski definition) is 0. The summed E-state index contributed by atoms with van der Waals surface area (Å²) in [6, 6.07) is 42.2. The Labute approximate surface area is 287 Å². The maximum absolute atomic E-state index is 6.76. The molecule has 0 N–H and O–H groups in total. The maximum Gasteiger partial charge on any atom is 0.114 e. The molecule has 1 heterocycles. The fourth-order valence-electron chi connectivity index (χ4n) is 7.09. The van der Waals surface area contributed by atoms with Crippen molar-refractivity contribution < 1.29 is 0 Å². The first-order valence-corrected chi connectivity index (χ1v) is 16.0. The first-order valence-electron chi connectivity index (χ1n) is 16.0. The summed E-state index contributed by atoms with van der Waals surface area (Å²) in [5.41, 5.74) is 10.1. The molecule has 0 saturated heterocycles. The van der Waals surface area contributed by atoms with Crippen LogP contribution in [-0.2, 0) is 6.42 Å². The molecule has 7 heteroatoms. The summed E-state index contributed by atoms with van der Waals surface area (Å²) in [6.07, 6.45) is 0.804. The Morgan fingerprint density at radius 2 is 1.08 bits per heavy atom. The second-order valence-electron chi connectivity index (χ2n) is 12.1. The molecule has 2 nitrogen and oxygen atoms in total. The van der Waals surface area contributed by atoms with Crippen LogP contribution in [0.5, 0.6) is 0 Å². The van der Waals surface area contributed by atoms with Gasteiger partial charge in [-0.15, -0.1) is 16.4 Å². The quantitative estimate of drug-likeness (QED) is 0.204. The van der Waals surface area contributed by atoms with E-state index in [0.29, 0.717) is 16.5 Å². The van der Waals surface area contributed by atoms with E-state index in [1.54, 1.807) is 0 Å². The molecule has 0 aliphatic carbocycles. The molecule has 0 bridgehead atoms. The predicted molar refractivity (Wildman–Crippen MR) is 209 cm³/mol. The molecule has 48 heavy (non-hydrogen) atoms. The lowest BCUT2D eigenvalue weighted by Crippen LogP contribution is -2.55. The van der Waals surface area contributed by atoms with Gasteiger partial charge in [0.05, 0.1) is 11.0 Å². The molecule has 0 atom stereocenters. The minimum Gasteiger partial charge on any atom is -0.296 e. The zero-order valence-corrected chi connectivity index (χ0v) is 26.5. The van der Waals surface area contributed by atoms with Gasteiger partial charge in [-0.25, -0.2) is 4.98 Å². The lowest BCUT2D eigenvalue weighted by atomic mass is 9.59. The molecule has 0 fully saturated rings. The first kappa shape index (κ1) is 30.2. The molecule has 0 aliphatic heterocycles. The molecule has 214 valence electrons. The van der Waals surface area contributed by atoms with E-state index in [1.165, 1.54) is 0 Å². The third kappa shape index (κ3) is 4.67. The van der Waals surface area contributed by atoms with Crippen LogP contribution in [-0.4, -0.2) is 48.8 Å². The summed E-state index contributed by atoms with van der Waals surface area (Å²) in [7, 11) is 32.7. The Balaban J connectivity index is 1.50. The Morgan fingerprint density at radius 3 is 1.81 bits per heavy atom. The maximum atomic E-state index is 6.76. The summed E-state index contributed by atoms with van der Waals surface area (Å²) in [4.78, 5) is 4.94. The molecule has 0 aliphatic rings. The van der Waals surface area contributed by atoms with Crippen molar-refractivity contribution in [1.82, 2.24) is 9.55 Å². The minimum absolute atomic E-state index is 0.194. The van der Waals surface area contributed by atoms with Crippen molar-refractivity contribution in [3.05, 3.63) is 127 Å². The van der Waals surface area contributed by atoms with E-state index in [9.17, 15) is 0 Å². The van der Waals surface area contributed by atoms with Crippen molar-refractivity contribution in [1.29, 1.82) is 0 Å². The average molecular weight is 600 g/mol. The standard InChI is InChI=1S/C41H25B5N2/c1-2-33-47-31-17-8-9-18-32(31)48(33)26-14-10-13-25(21-26)34-27-15-6-7-16-28(27)35(36-37(42)39(44)41(46)40(45)38(36)43)30-22-24(19-20-29(30)34)23-11-4-3-5-12-23/h3-22H,2H2,1H3. The van der Waals surface area contributed by atoms with Gasteiger partial charge in [0.15, 0.2) is 0 Å². The molecular weight excluding hydrogens is 575 g/mol. The van der Waals surface area contributed by atoms with E-state index in [2.05, 4.69) is 102 Å². The molecule has 0 spiro atoms. The van der Waals surface area contributed by atoms with Gasteiger partial charge in [-0.05, 0) is 85.3 Å². The van der Waals surface area contributed by atoms with Crippen molar-refractivity contribution >= 4 is 99.1 Å². The summed E-state index contributed by atoms with van der Waals surface area (Å²) >= 11 is 0. The van der Waals surface area contributed by atoms with Gasteiger partial charge in [0.2, 0.25) is 0 Å². The molecule has 1 aromatic heterocycles. The molecular formula is C41H25B5N2. The predicted octanol–water partition coefficient (Wildman–Crippen LogP) is 4.86. The fraction of sp³-hybridized carbons (Fsp3) is 0.0488. The van der Waals surface area contributed by atoms with E-state index in [0.717, 1.165) is 78.3 Å². The highest BCUT2D eigenvalue weighted by atomic mass is 15.1. The number of para-hydroxylation sites is 2. The van der Waals surface area contributed by atoms with Crippen molar-refractivity contribution in [2.45, 2.75) is 13.3 Å². The highest BCUT2D eigenvalue weighted by Gasteiger charge is 2.22. The van der Waals surface area contributed by atoms with Crippen LogP contribution in [0, 0.1) is 0 Å². The van der Waals surface area contributed by atoms with Gasteiger partial charge in [-0.2, -0.15) is 0 Å². The number of hydrogen-bond acceptors (Lipinski definition) is 1. The molecule has 10 radical (unpaired) electrons. The number of fused-ring (bicyclic) bond motifs is 3. The number of rotatable bonds is 5. The van der Waals surface area contributed by atoms with E-state index in [1.807, 2.05) is 30.3 Å². The van der Waals surface area contributed by atoms with Gasteiger partial charge < -0.3 is 0 Å². The van der Waals surface area contributed by atoms with E-state index in [4.69, 9.17) is 44.2 Å². The smallest absolute Gasteiger partial charge is 0.114 e. The molecule has 0 amide bonds. The second-order valence-corrected chi connectivity index (χ2v) is 12.1. The average Bonchev–Trinajstić information content (AvgIpc) is 3.52. The van der Waals surface area contributed by atoms with E-state index >= 15 is 0 Å². The van der Waals surface area contributed by atoms with E-state index in [-0.39, 0.29) is 16.4 Å². The highest BCUT2D eigenvalue weighted by Crippen LogP contribution is 2.44. The molecule has 8 rings (SSSR count). The molecule has 7 aromatic carbocycles.